The molecule has 1 saturated heterocycles. The van der Waals surface area contributed by atoms with Crippen LogP contribution in [-0.2, 0) is 6.42 Å². The Morgan fingerprint density at radius 2 is 2.15 bits per heavy atom. The first kappa shape index (κ1) is 16.9. The van der Waals surface area contributed by atoms with Crippen LogP contribution in [-0.4, -0.2) is 44.0 Å². The third-order valence-electron chi connectivity index (χ3n) is 4.94. The fraction of sp³-hybridized carbons (Fsp3) is 0.368. The van der Waals surface area contributed by atoms with E-state index in [1.807, 2.05) is 24.3 Å². The molecular weight excluding hydrogens is 346 g/mol. The number of carbonyl (C=O) groups excluding carboxylic acids is 1. The normalized spacial score (nSPS) is 17.4. The number of benzene rings is 1. The van der Waals surface area contributed by atoms with Crippen molar-refractivity contribution in [2.45, 2.75) is 38.1 Å². The van der Waals surface area contributed by atoms with Gasteiger partial charge in [0.15, 0.2) is 0 Å². The number of aromatic nitrogens is 4. The largest absolute Gasteiger partial charge is 0.336 e. The van der Waals surface area contributed by atoms with Crippen molar-refractivity contribution in [1.29, 1.82) is 0 Å². The van der Waals surface area contributed by atoms with Crippen molar-refractivity contribution in [2.75, 3.05) is 6.54 Å². The second-order valence-electron chi connectivity index (χ2n) is 6.55. The van der Waals surface area contributed by atoms with Gasteiger partial charge in [0, 0.05) is 23.0 Å². The third-order valence-corrected chi connectivity index (χ3v) is 5.87. The number of carbonyl (C=O) groups is 1. The molecule has 0 spiro atoms. The van der Waals surface area contributed by atoms with Gasteiger partial charge in [-0.25, -0.2) is 0 Å². The van der Waals surface area contributed by atoms with Gasteiger partial charge in [0.2, 0.25) is 5.82 Å². The van der Waals surface area contributed by atoms with Crippen LogP contribution < -0.4 is 0 Å². The minimum Gasteiger partial charge on any atom is -0.336 e. The predicted octanol–water partition coefficient (Wildman–Crippen LogP) is 3.56. The van der Waals surface area contributed by atoms with Crippen LogP contribution in [0, 0.1) is 0 Å². The van der Waals surface area contributed by atoms with Crippen LogP contribution in [0.2, 0.25) is 0 Å². The zero-order valence-corrected chi connectivity index (χ0v) is 15.3. The number of hydrogen-bond acceptors (Lipinski definition) is 5. The average Bonchev–Trinajstić information content (AvgIpc) is 3.40. The monoisotopic (exact) mass is 367 g/mol. The Balaban J connectivity index is 1.56. The first-order chi connectivity index (χ1) is 12.8. The van der Waals surface area contributed by atoms with E-state index in [0.29, 0.717) is 11.4 Å². The molecule has 0 unspecified atom stereocenters. The molecule has 1 atom stereocenters. The summed E-state index contributed by atoms with van der Waals surface area (Å²) in [5.74, 6) is 0.530. The zero-order valence-electron chi connectivity index (χ0n) is 14.5. The molecule has 1 aliphatic heterocycles. The van der Waals surface area contributed by atoms with Crippen LogP contribution in [0.15, 0.2) is 41.8 Å². The number of aromatic amines is 1. The highest BCUT2D eigenvalue weighted by Gasteiger charge is 2.29. The van der Waals surface area contributed by atoms with Crippen molar-refractivity contribution in [1.82, 2.24) is 25.5 Å². The summed E-state index contributed by atoms with van der Waals surface area (Å²) in [7, 11) is 0. The predicted molar refractivity (Wildman–Crippen MR) is 101 cm³/mol. The number of thiophene rings is 1. The molecule has 6 nitrogen and oxygen atoms in total. The molecule has 1 aromatic carbocycles. The molecule has 7 heteroatoms. The molecule has 134 valence electrons. The summed E-state index contributed by atoms with van der Waals surface area (Å²) < 4.78 is 0. The minimum absolute atomic E-state index is 0.0706. The van der Waals surface area contributed by atoms with Crippen molar-refractivity contribution >= 4 is 17.2 Å². The average molecular weight is 367 g/mol. The van der Waals surface area contributed by atoms with Crippen LogP contribution in [0.25, 0.3) is 11.4 Å². The van der Waals surface area contributed by atoms with E-state index in [1.54, 1.807) is 11.3 Å². The number of nitrogens with one attached hydrogen (secondary N) is 1. The Kier molecular flexibility index (Phi) is 5.06. The van der Waals surface area contributed by atoms with Crippen LogP contribution in [0.5, 0.6) is 0 Å². The van der Waals surface area contributed by atoms with Gasteiger partial charge in [0.25, 0.3) is 5.91 Å². The molecule has 3 heterocycles. The van der Waals surface area contributed by atoms with E-state index in [4.69, 9.17) is 0 Å². The van der Waals surface area contributed by atoms with E-state index in [9.17, 15) is 4.79 Å². The first-order valence-corrected chi connectivity index (χ1v) is 9.87. The summed E-state index contributed by atoms with van der Waals surface area (Å²) in [4.78, 5) is 16.8. The number of nitrogens with zero attached hydrogens (tertiary/aromatic N) is 4. The Morgan fingerprint density at radius 1 is 1.23 bits per heavy atom. The molecule has 4 rings (SSSR count). The molecule has 0 aliphatic carbocycles. The second kappa shape index (κ2) is 7.78. The summed E-state index contributed by atoms with van der Waals surface area (Å²) in [5.41, 5.74) is 1.38. The minimum atomic E-state index is 0.0706. The Hall–Kier alpha value is -2.54. The number of hydrogen-bond donors (Lipinski definition) is 1. The lowest BCUT2D eigenvalue weighted by molar-refractivity contribution is 0.0603. The molecule has 2 aromatic heterocycles. The highest BCUT2D eigenvalue weighted by molar-refractivity contribution is 7.09. The lowest BCUT2D eigenvalue weighted by Gasteiger charge is -2.36. The van der Waals surface area contributed by atoms with Gasteiger partial charge < -0.3 is 4.90 Å². The molecule has 26 heavy (non-hydrogen) atoms. The Labute approximate surface area is 156 Å². The number of H-pyrrole nitrogens is 1. The van der Waals surface area contributed by atoms with Crippen LogP contribution in [0.4, 0.5) is 0 Å². The highest BCUT2D eigenvalue weighted by Crippen LogP contribution is 2.27. The van der Waals surface area contributed by atoms with Crippen molar-refractivity contribution < 1.29 is 4.79 Å². The fourth-order valence-electron chi connectivity index (χ4n) is 3.63. The Morgan fingerprint density at radius 3 is 2.96 bits per heavy atom. The third kappa shape index (κ3) is 3.53. The van der Waals surface area contributed by atoms with E-state index < -0.39 is 0 Å². The van der Waals surface area contributed by atoms with Crippen LogP contribution in [0.3, 0.4) is 0 Å². The zero-order chi connectivity index (χ0) is 17.8. The van der Waals surface area contributed by atoms with E-state index in [-0.39, 0.29) is 11.9 Å². The SMILES string of the molecule is O=C(c1ccccc1-c1nn[nH]n1)N1CCCC[C@@H]1CCc1cccs1. The van der Waals surface area contributed by atoms with Crippen LogP contribution >= 0.6 is 11.3 Å². The molecule has 0 radical (unpaired) electrons. The van der Waals surface area contributed by atoms with Crippen molar-refractivity contribution in [3.63, 3.8) is 0 Å². The maximum atomic E-state index is 13.3. The summed E-state index contributed by atoms with van der Waals surface area (Å²) in [5, 5.41) is 16.3. The maximum absolute atomic E-state index is 13.3. The van der Waals surface area contributed by atoms with Crippen molar-refractivity contribution in [2.24, 2.45) is 0 Å². The number of piperidine rings is 1. The number of amides is 1. The van der Waals surface area contributed by atoms with Gasteiger partial charge in [0.05, 0.1) is 5.56 Å². The van der Waals surface area contributed by atoms with E-state index in [0.717, 1.165) is 37.8 Å². The van der Waals surface area contributed by atoms with Crippen LogP contribution in [0.1, 0.15) is 40.9 Å². The number of aryl methyl sites for hydroxylation is 1. The summed E-state index contributed by atoms with van der Waals surface area (Å²) in [6.45, 7) is 0.814. The first-order valence-electron chi connectivity index (χ1n) is 8.99. The number of tetrazole rings is 1. The number of rotatable bonds is 5. The topological polar surface area (TPSA) is 74.8 Å². The molecule has 0 saturated carbocycles. The smallest absolute Gasteiger partial charge is 0.254 e. The lowest BCUT2D eigenvalue weighted by atomic mass is 9.95. The fourth-order valence-corrected chi connectivity index (χ4v) is 4.35. The molecule has 1 N–H and O–H groups in total. The second-order valence-corrected chi connectivity index (χ2v) is 7.58. The molecule has 1 aliphatic rings. The van der Waals surface area contributed by atoms with E-state index in [1.165, 1.54) is 11.3 Å². The summed E-state index contributed by atoms with van der Waals surface area (Å²) in [6.07, 6.45) is 5.35. The molecular formula is C19H21N5OS. The summed E-state index contributed by atoms with van der Waals surface area (Å²) in [6, 6.07) is 12.1. The van der Waals surface area contributed by atoms with Crippen molar-refractivity contribution in [3.05, 3.63) is 52.2 Å². The van der Waals surface area contributed by atoms with E-state index >= 15 is 0 Å². The molecule has 3 aromatic rings. The quantitative estimate of drug-likeness (QED) is 0.748. The van der Waals surface area contributed by atoms with Gasteiger partial charge >= 0.3 is 0 Å². The molecule has 1 amide bonds. The van der Waals surface area contributed by atoms with Crippen molar-refractivity contribution in [3.8, 4) is 11.4 Å². The highest BCUT2D eigenvalue weighted by atomic mass is 32.1. The van der Waals surface area contributed by atoms with Gasteiger partial charge in [-0.05, 0) is 54.8 Å². The summed E-state index contributed by atoms with van der Waals surface area (Å²) >= 11 is 1.79. The van der Waals surface area contributed by atoms with Gasteiger partial charge in [0.1, 0.15) is 0 Å². The van der Waals surface area contributed by atoms with Gasteiger partial charge in [-0.2, -0.15) is 5.21 Å². The van der Waals surface area contributed by atoms with Gasteiger partial charge in [-0.3, -0.25) is 4.79 Å². The molecule has 1 fully saturated rings. The van der Waals surface area contributed by atoms with E-state index in [2.05, 4.69) is 43.0 Å². The Bertz CT molecular complexity index is 847. The lowest BCUT2D eigenvalue weighted by Crippen LogP contribution is -2.44. The van der Waals surface area contributed by atoms with Gasteiger partial charge in [-0.15, -0.1) is 21.5 Å². The standard InChI is InChI=1S/C19H21N5OS/c25-19(17-9-2-1-8-16(17)18-20-22-23-21-18)24-12-4-3-6-14(24)10-11-15-7-5-13-26-15/h1-2,5,7-9,13-14H,3-4,6,10-12H2,(H,20,21,22,23)/t14-/m1/s1. The maximum Gasteiger partial charge on any atom is 0.254 e. The number of likely N-dealkylation sites (tertiary alicyclic amines) is 1. The van der Waals surface area contributed by atoms with Gasteiger partial charge in [-0.1, -0.05) is 24.3 Å². The molecule has 0 bridgehead atoms.